The number of nitrogens with one attached hydrogen (secondary N) is 1. The first kappa shape index (κ1) is 26.4. The third-order valence-electron chi connectivity index (χ3n) is 6.62. The zero-order chi connectivity index (χ0) is 25.9. The maximum Gasteiger partial charge on any atom is 0.341 e. The summed E-state index contributed by atoms with van der Waals surface area (Å²) < 4.78 is 7.37. The Morgan fingerprint density at radius 1 is 1.19 bits per heavy atom. The van der Waals surface area contributed by atoms with Gasteiger partial charge in [0, 0.05) is 17.0 Å². The molecule has 0 unspecified atom stereocenters. The minimum absolute atomic E-state index is 0.169. The number of carbonyl (C=O) groups is 2. The van der Waals surface area contributed by atoms with E-state index in [1.807, 2.05) is 41.8 Å². The van der Waals surface area contributed by atoms with Crippen molar-refractivity contribution in [2.75, 3.05) is 17.7 Å². The second-order valence-corrected chi connectivity index (χ2v) is 12.0. The average molecular weight is 527 g/mol. The highest BCUT2D eigenvalue weighted by molar-refractivity contribution is 7.99. The highest BCUT2D eigenvalue weighted by Gasteiger charge is 2.34. The van der Waals surface area contributed by atoms with Crippen molar-refractivity contribution in [3.63, 3.8) is 0 Å². The molecular formula is C27H34N4O3S2. The Morgan fingerprint density at radius 2 is 1.94 bits per heavy atom. The van der Waals surface area contributed by atoms with E-state index in [-0.39, 0.29) is 23.0 Å². The number of thiophene rings is 1. The van der Waals surface area contributed by atoms with E-state index in [1.165, 1.54) is 28.0 Å². The van der Waals surface area contributed by atoms with E-state index < -0.39 is 0 Å². The predicted molar refractivity (Wildman–Crippen MR) is 146 cm³/mol. The monoisotopic (exact) mass is 526 g/mol. The molecule has 9 heteroatoms. The van der Waals surface area contributed by atoms with Gasteiger partial charge in [0.1, 0.15) is 5.00 Å². The van der Waals surface area contributed by atoms with Gasteiger partial charge in [-0.15, -0.1) is 21.5 Å². The lowest BCUT2D eigenvalue weighted by atomic mass is 9.72. The van der Waals surface area contributed by atoms with Crippen molar-refractivity contribution in [2.24, 2.45) is 11.3 Å². The fourth-order valence-electron chi connectivity index (χ4n) is 4.61. The molecule has 1 amide bonds. The number of carbonyl (C=O) groups excluding carboxylic acids is 2. The molecule has 1 aliphatic rings. The molecule has 0 spiro atoms. The normalized spacial score (nSPS) is 15.4. The van der Waals surface area contributed by atoms with Gasteiger partial charge in [-0.2, -0.15) is 0 Å². The van der Waals surface area contributed by atoms with Gasteiger partial charge in [0.05, 0.1) is 17.9 Å². The van der Waals surface area contributed by atoms with Crippen molar-refractivity contribution in [3.8, 4) is 11.4 Å². The summed E-state index contributed by atoms with van der Waals surface area (Å²) in [6, 6.07) is 9.89. The van der Waals surface area contributed by atoms with Crippen LogP contribution in [0.4, 0.5) is 5.00 Å². The quantitative estimate of drug-likeness (QED) is 0.283. The molecule has 2 heterocycles. The summed E-state index contributed by atoms with van der Waals surface area (Å²) in [6.45, 7) is 11.6. The largest absolute Gasteiger partial charge is 0.462 e. The van der Waals surface area contributed by atoms with E-state index in [0.717, 1.165) is 36.2 Å². The van der Waals surface area contributed by atoms with Crippen molar-refractivity contribution >= 4 is 40.0 Å². The van der Waals surface area contributed by atoms with E-state index >= 15 is 0 Å². The molecule has 0 saturated carbocycles. The molecule has 4 rings (SSSR count). The minimum Gasteiger partial charge on any atom is -0.462 e. The Labute approximate surface area is 221 Å². The Balaban J connectivity index is 1.51. The molecule has 0 saturated heterocycles. The van der Waals surface area contributed by atoms with Gasteiger partial charge in [-0.25, -0.2) is 4.79 Å². The summed E-state index contributed by atoms with van der Waals surface area (Å²) in [5, 5.41) is 13.0. The van der Waals surface area contributed by atoms with Crippen LogP contribution in [0, 0.1) is 11.3 Å². The first-order valence-corrected chi connectivity index (χ1v) is 14.3. The third-order valence-corrected chi connectivity index (χ3v) is 8.76. The van der Waals surface area contributed by atoms with Gasteiger partial charge < -0.3 is 14.6 Å². The maximum absolute atomic E-state index is 13.0. The Kier molecular flexibility index (Phi) is 8.20. The van der Waals surface area contributed by atoms with Crippen molar-refractivity contribution in [2.45, 2.75) is 65.6 Å². The SMILES string of the molecule is CCOC(=O)c1c(NC(=O)CSc2nnc(-c3ccccc3)n2CC)sc2c1CC[C@@H](C(C)(C)C)C2. The van der Waals surface area contributed by atoms with Crippen molar-refractivity contribution in [1.29, 1.82) is 0 Å². The molecule has 36 heavy (non-hydrogen) atoms. The molecule has 1 N–H and O–H groups in total. The van der Waals surface area contributed by atoms with Crippen LogP contribution in [-0.2, 0) is 28.9 Å². The van der Waals surface area contributed by atoms with Crippen LogP contribution >= 0.6 is 23.1 Å². The van der Waals surface area contributed by atoms with Crippen molar-refractivity contribution in [3.05, 3.63) is 46.3 Å². The number of hydrogen-bond donors (Lipinski definition) is 1. The molecular weight excluding hydrogens is 492 g/mol. The number of rotatable bonds is 8. The standard InChI is InChI=1S/C27H34N4O3S2/c1-6-31-23(17-11-9-8-10-12-17)29-30-26(31)35-16-21(32)28-24-22(25(33)34-7-2)19-14-13-18(27(3,4)5)15-20(19)36-24/h8-12,18H,6-7,13-16H2,1-5H3,(H,28,32)/t18-/m1/s1. The Morgan fingerprint density at radius 3 is 2.61 bits per heavy atom. The highest BCUT2D eigenvalue weighted by Crippen LogP contribution is 2.44. The number of esters is 1. The van der Waals surface area contributed by atoms with Crippen molar-refractivity contribution in [1.82, 2.24) is 14.8 Å². The number of nitrogens with zero attached hydrogens (tertiary/aromatic N) is 3. The smallest absolute Gasteiger partial charge is 0.341 e. The summed E-state index contributed by atoms with van der Waals surface area (Å²) in [6.07, 6.45) is 2.77. The number of ether oxygens (including phenoxy) is 1. The first-order chi connectivity index (χ1) is 17.2. The number of hydrogen-bond acceptors (Lipinski definition) is 7. The van der Waals surface area contributed by atoms with Gasteiger partial charge in [0.15, 0.2) is 11.0 Å². The van der Waals surface area contributed by atoms with Crippen LogP contribution in [-0.4, -0.2) is 39.0 Å². The van der Waals surface area contributed by atoms with Gasteiger partial charge in [0.2, 0.25) is 5.91 Å². The molecule has 1 aromatic carbocycles. The molecule has 0 bridgehead atoms. The Bertz CT molecular complexity index is 1230. The van der Waals surface area contributed by atoms with Crippen LogP contribution in [0.3, 0.4) is 0 Å². The molecule has 7 nitrogen and oxygen atoms in total. The summed E-state index contributed by atoms with van der Waals surface area (Å²) in [7, 11) is 0. The summed E-state index contributed by atoms with van der Waals surface area (Å²) in [4.78, 5) is 27.0. The third kappa shape index (κ3) is 5.67. The summed E-state index contributed by atoms with van der Waals surface area (Å²) in [5.41, 5.74) is 2.75. The first-order valence-electron chi connectivity index (χ1n) is 12.5. The molecule has 1 aliphatic carbocycles. The zero-order valence-corrected chi connectivity index (χ0v) is 23.2. The van der Waals surface area contributed by atoms with Gasteiger partial charge in [-0.3, -0.25) is 4.79 Å². The topological polar surface area (TPSA) is 86.1 Å². The van der Waals surface area contributed by atoms with Gasteiger partial charge in [-0.05, 0) is 50.0 Å². The molecule has 2 aromatic heterocycles. The number of fused-ring (bicyclic) bond motifs is 1. The van der Waals surface area contributed by atoms with E-state index in [2.05, 4.69) is 36.3 Å². The van der Waals surface area contributed by atoms with Crippen molar-refractivity contribution < 1.29 is 14.3 Å². The van der Waals surface area contributed by atoms with Crippen LogP contribution in [0.5, 0.6) is 0 Å². The molecule has 1 atom stereocenters. The second-order valence-electron chi connectivity index (χ2n) is 9.99. The van der Waals surface area contributed by atoms with Crippen LogP contribution in [0.2, 0.25) is 0 Å². The number of anilines is 1. The van der Waals surface area contributed by atoms with E-state index in [4.69, 9.17) is 4.74 Å². The fourth-order valence-corrected chi connectivity index (χ4v) is 6.74. The van der Waals surface area contributed by atoms with Gasteiger partial charge in [-0.1, -0.05) is 62.9 Å². The van der Waals surface area contributed by atoms with Crippen LogP contribution in [0.1, 0.15) is 61.8 Å². The molecule has 0 fully saturated rings. The van der Waals surface area contributed by atoms with Crippen LogP contribution < -0.4 is 5.32 Å². The number of amides is 1. The average Bonchev–Trinajstić information content (AvgIpc) is 3.43. The molecule has 192 valence electrons. The minimum atomic E-state index is -0.356. The molecule has 3 aromatic rings. The van der Waals surface area contributed by atoms with Gasteiger partial charge >= 0.3 is 5.97 Å². The van der Waals surface area contributed by atoms with Crippen LogP contribution in [0.15, 0.2) is 35.5 Å². The predicted octanol–water partition coefficient (Wildman–Crippen LogP) is 6.09. The zero-order valence-electron chi connectivity index (χ0n) is 21.6. The van der Waals surface area contributed by atoms with E-state index in [9.17, 15) is 9.59 Å². The Hall–Kier alpha value is -2.65. The summed E-state index contributed by atoms with van der Waals surface area (Å²) in [5.74, 6) is 0.957. The maximum atomic E-state index is 13.0. The molecule has 0 aliphatic heterocycles. The highest BCUT2D eigenvalue weighted by atomic mass is 32.2. The number of aromatic nitrogens is 3. The van der Waals surface area contributed by atoms with E-state index in [1.54, 1.807) is 6.92 Å². The molecule has 0 radical (unpaired) electrons. The second kappa shape index (κ2) is 11.2. The number of thioether (sulfide) groups is 1. The van der Waals surface area contributed by atoms with E-state index in [0.29, 0.717) is 34.8 Å². The lowest BCUT2D eigenvalue weighted by Crippen LogP contribution is -2.26. The van der Waals surface area contributed by atoms with Crippen LogP contribution in [0.25, 0.3) is 11.4 Å². The lowest BCUT2D eigenvalue weighted by Gasteiger charge is -2.33. The number of benzene rings is 1. The fraction of sp³-hybridized carbons (Fsp3) is 0.481. The summed E-state index contributed by atoms with van der Waals surface area (Å²) >= 11 is 2.86. The van der Waals surface area contributed by atoms with Gasteiger partial charge in [0.25, 0.3) is 0 Å². The lowest BCUT2D eigenvalue weighted by molar-refractivity contribution is -0.113.